The smallest absolute Gasteiger partial charge is 0.255 e. The Morgan fingerprint density at radius 1 is 1.03 bits per heavy atom. The number of amides is 2. The highest BCUT2D eigenvalue weighted by molar-refractivity contribution is 6.11. The van der Waals surface area contributed by atoms with E-state index in [0.29, 0.717) is 18.7 Å². The van der Waals surface area contributed by atoms with Gasteiger partial charge in [-0.25, -0.2) is 0 Å². The van der Waals surface area contributed by atoms with Gasteiger partial charge in [0.15, 0.2) is 6.04 Å². The third-order valence-corrected chi connectivity index (χ3v) is 6.58. The molecule has 35 heavy (non-hydrogen) atoms. The summed E-state index contributed by atoms with van der Waals surface area (Å²) in [5.41, 5.74) is 4.84. The van der Waals surface area contributed by atoms with Gasteiger partial charge in [-0.05, 0) is 41.8 Å². The van der Waals surface area contributed by atoms with Gasteiger partial charge in [0.25, 0.3) is 5.91 Å². The molecule has 0 aliphatic carbocycles. The lowest BCUT2D eigenvalue weighted by Crippen LogP contribution is -2.43. The van der Waals surface area contributed by atoms with Crippen molar-refractivity contribution in [2.45, 2.75) is 32.4 Å². The number of unbranched alkanes of at least 4 members (excludes halogenated alkanes) is 1. The summed E-state index contributed by atoms with van der Waals surface area (Å²) in [4.78, 5) is 32.9. The van der Waals surface area contributed by atoms with Crippen LogP contribution < -0.4 is 10.1 Å². The van der Waals surface area contributed by atoms with Crippen molar-refractivity contribution >= 4 is 22.7 Å². The number of H-pyrrole nitrogens is 1. The topological polar surface area (TPSA) is 74.4 Å². The van der Waals surface area contributed by atoms with Crippen LogP contribution in [0.15, 0.2) is 72.8 Å². The Hall–Kier alpha value is -4.06. The number of carbonyl (C=O) groups excluding carboxylic acids is 2. The van der Waals surface area contributed by atoms with Crippen LogP contribution in [0.5, 0.6) is 5.75 Å². The molecule has 5 rings (SSSR count). The molecule has 4 aromatic rings. The number of fused-ring (bicyclic) bond motifs is 5. The number of carbonyl (C=O) groups is 2. The molecule has 178 valence electrons. The van der Waals surface area contributed by atoms with E-state index in [0.717, 1.165) is 51.9 Å². The zero-order valence-corrected chi connectivity index (χ0v) is 20.0. The summed E-state index contributed by atoms with van der Waals surface area (Å²) in [6.07, 6.45) is 1.85. The second-order valence-corrected chi connectivity index (χ2v) is 8.84. The van der Waals surface area contributed by atoms with Gasteiger partial charge in [0.05, 0.1) is 12.8 Å². The van der Waals surface area contributed by atoms with E-state index in [1.165, 1.54) is 0 Å². The zero-order chi connectivity index (χ0) is 24.4. The number of nitrogens with one attached hydrogen (secondary N) is 2. The van der Waals surface area contributed by atoms with E-state index < -0.39 is 6.04 Å². The minimum Gasteiger partial charge on any atom is -0.497 e. The summed E-state index contributed by atoms with van der Waals surface area (Å²) in [5, 5.41) is 4.00. The molecule has 6 nitrogen and oxygen atoms in total. The van der Waals surface area contributed by atoms with Crippen molar-refractivity contribution < 1.29 is 14.3 Å². The van der Waals surface area contributed by atoms with Gasteiger partial charge in [-0.1, -0.05) is 61.9 Å². The summed E-state index contributed by atoms with van der Waals surface area (Å²) in [6, 6.07) is 22.4. The zero-order valence-electron chi connectivity index (χ0n) is 20.0. The summed E-state index contributed by atoms with van der Waals surface area (Å²) in [5.74, 6) is 0.369. The number of ether oxygens (including phenoxy) is 1. The van der Waals surface area contributed by atoms with E-state index in [-0.39, 0.29) is 11.8 Å². The molecule has 2 heterocycles. The van der Waals surface area contributed by atoms with Crippen LogP contribution in [-0.4, -0.2) is 35.4 Å². The normalized spacial score (nSPS) is 14.9. The van der Waals surface area contributed by atoms with Crippen molar-refractivity contribution in [1.82, 2.24) is 15.2 Å². The number of hydrogen-bond donors (Lipinski definition) is 2. The Morgan fingerprint density at radius 3 is 2.51 bits per heavy atom. The predicted octanol–water partition coefficient (Wildman–Crippen LogP) is 5.46. The molecule has 1 aromatic heterocycles. The number of aromatic nitrogens is 1. The molecule has 1 unspecified atom stereocenters. The Morgan fingerprint density at radius 2 is 1.77 bits per heavy atom. The first-order chi connectivity index (χ1) is 17.1. The largest absolute Gasteiger partial charge is 0.497 e. The molecule has 0 saturated carbocycles. The summed E-state index contributed by atoms with van der Waals surface area (Å²) < 4.78 is 5.49. The molecule has 1 aliphatic heterocycles. The summed E-state index contributed by atoms with van der Waals surface area (Å²) >= 11 is 0. The Kier molecular flexibility index (Phi) is 6.27. The Bertz CT molecular complexity index is 1380. The molecule has 0 radical (unpaired) electrons. The molecule has 1 atom stereocenters. The first-order valence-electron chi connectivity index (χ1n) is 12.0. The quantitative estimate of drug-likeness (QED) is 0.355. The minimum atomic E-state index is -0.805. The van der Waals surface area contributed by atoms with Crippen LogP contribution in [0.25, 0.3) is 22.0 Å². The number of nitrogens with zero attached hydrogens (tertiary/aromatic N) is 1. The van der Waals surface area contributed by atoms with E-state index in [4.69, 9.17) is 4.74 Å². The lowest BCUT2D eigenvalue weighted by Gasteiger charge is -2.30. The van der Waals surface area contributed by atoms with Crippen LogP contribution in [0.2, 0.25) is 0 Å². The van der Waals surface area contributed by atoms with Crippen LogP contribution >= 0.6 is 0 Å². The number of benzene rings is 3. The van der Waals surface area contributed by atoms with Crippen molar-refractivity contribution in [2.75, 3.05) is 13.7 Å². The third kappa shape index (κ3) is 4.16. The summed E-state index contributed by atoms with van der Waals surface area (Å²) in [7, 11) is 1.63. The molecule has 0 spiro atoms. The fourth-order valence-corrected chi connectivity index (χ4v) is 4.83. The van der Waals surface area contributed by atoms with Gasteiger partial charge in [0.2, 0.25) is 5.91 Å². The fourth-order valence-electron chi connectivity index (χ4n) is 4.83. The lowest BCUT2D eigenvalue weighted by atomic mass is 9.96. The molecule has 2 amide bonds. The average Bonchev–Trinajstić information content (AvgIpc) is 3.22. The van der Waals surface area contributed by atoms with Crippen molar-refractivity contribution in [2.24, 2.45) is 0 Å². The molecule has 6 heteroatoms. The molecule has 3 aromatic carbocycles. The first-order valence-corrected chi connectivity index (χ1v) is 12.0. The first kappa shape index (κ1) is 22.7. The minimum absolute atomic E-state index is 0.166. The lowest BCUT2D eigenvalue weighted by molar-refractivity contribution is -0.126. The second-order valence-electron chi connectivity index (χ2n) is 8.84. The standard InChI is InChI=1S/C29H29N3O3/c1-3-4-16-30-28(33)27-26-25(23-17-20(35-2)14-15-24(23)31-26)21-12-8-9-13-22(21)29(34)32(27)18-19-10-6-5-7-11-19/h5-15,17,27,31H,3-4,16,18H2,1-2H3,(H,30,33). The van der Waals surface area contributed by atoms with Gasteiger partial charge in [-0.15, -0.1) is 0 Å². The van der Waals surface area contributed by atoms with Gasteiger partial charge in [0.1, 0.15) is 5.75 Å². The highest BCUT2D eigenvalue weighted by atomic mass is 16.5. The van der Waals surface area contributed by atoms with E-state index in [2.05, 4.69) is 17.2 Å². The molecular formula is C29H29N3O3. The van der Waals surface area contributed by atoms with Crippen LogP contribution in [0.3, 0.4) is 0 Å². The van der Waals surface area contributed by atoms with Gasteiger partial charge in [-0.2, -0.15) is 0 Å². The van der Waals surface area contributed by atoms with Gasteiger partial charge < -0.3 is 19.9 Å². The molecular weight excluding hydrogens is 438 g/mol. The SMILES string of the molecule is CCCCNC(=O)C1c2[nH]c3ccc(OC)cc3c2-c2ccccc2C(=O)N1Cc1ccccc1. The Labute approximate surface area is 204 Å². The summed E-state index contributed by atoms with van der Waals surface area (Å²) in [6.45, 7) is 2.97. The molecule has 0 fully saturated rings. The molecule has 2 N–H and O–H groups in total. The molecule has 0 saturated heterocycles. The van der Waals surface area contributed by atoms with Crippen LogP contribution in [0.1, 0.15) is 47.4 Å². The maximum Gasteiger partial charge on any atom is 0.255 e. The molecule has 0 bridgehead atoms. The highest BCUT2D eigenvalue weighted by Crippen LogP contribution is 2.44. The highest BCUT2D eigenvalue weighted by Gasteiger charge is 2.39. The fraction of sp³-hybridized carbons (Fsp3) is 0.241. The van der Waals surface area contributed by atoms with Crippen molar-refractivity contribution in [1.29, 1.82) is 0 Å². The van der Waals surface area contributed by atoms with Crippen LogP contribution in [0.4, 0.5) is 0 Å². The number of methoxy groups -OCH3 is 1. The van der Waals surface area contributed by atoms with Crippen molar-refractivity contribution in [3.8, 4) is 16.9 Å². The van der Waals surface area contributed by atoms with E-state index in [1.807, 2.05) is 72.8 Å². The molecule has 1 aliphatic rings. The monoisotopic (exact) mass is 467 g/mol. The maximum atomic E-state index is 14.0. The number of aromatic amines is 1. The van der Waals surface area contributed by atoms with E-state index >= 15 is 0 Å². The van der Waals surface area contributed by atoms with E-state index in [1.54, 1.807) is 12.0 Å². The second kappa shape index (κ2) is 9.66. The third-order valence-electron chi connectivity index (χ3n) is 6.58. The average molecular weight is 468 g/mol. The van der Waals surface area contributed by atoms with Gasteiger partial charge >= 0.3 is 0 Å². The van der Waals surface area contributed by atoms with Crippen LogP contribution in [0, 0.1) is 0 Å². The van der Waals surface area contributed by atoms with Crippen molar-refractivity contribution in [3.05, 3.63) is 89.6 Å². The van der Waals surface area contributed by atoms with Crippen LogP contribution in [-0.2, 0) is 11.3 Å². The van der Waals surface area contributed by atoms with Crippen molar-refractivity contribution in [3.63, 3.8) is 0 Å². The van der Waals surface area contributed by atoms with E-state index in [9.17, 15) is 9.59 Å². The number of rotatable bonds is 7. The van der Waals surface area contributed by atoms with Gasteiger partial charge in [0, 0.05) is 35.1 Å². The number of hydrogen-bond acceptors (Lipinski definition) is 3. The van der Waals surface area contributed by atoms with Gasteiger partial charge in [-0.3, -0.25) is 9.59 Å². The predicted molar refractivity (Wildman–Crippen MR) is 137 cm³/mol. The maximum absolute atomic E-state index is 14.0. The Balaban J connectivity index is 1.74.